The van der Waals surface area contributed by atoms with Crippen molar-refractivity contribution in [1.82, 2.24) is 10.3 Å². The van der Waals surface area contributed by atoms with Gasteiger partial charge in [0.2, 0.25) is 0 Å². The van der Waals surface area contributed by atoms with E-state index in [1.807, 2.05) is 6.07 Å². The minimum atomic E-state index is -0.765. The zero-order valence-electron chi connectivity index (χ0n) is 9.32. The van der Waals surface area contributed by atoms with E-state index in [4.69, 9.17) is 0 Å². The van der Waals surface area contributed by atoms with Gasteiger partial charge in [0.25, 0.3) is 0 Å². The third-order valence-corrected chi connectivity index (χ3v) is 3.87. The number of halogens is 1. The molecule has 1 aromatic heterocycles. The average molecular weight is 220 g/mol. The Balaban J connectivity index is 1.81. The standard InChI is InChI=1S/C13H17FN2/c14-12(11-4-2-7-15-11)10-6-5-9-3-1-8-16-13(9)10/h1,3,8,10-12,15H,2,4-7H2. The first kappa shape index (κ1) is 10.2. The van der Waals surface area contributed by atoms with Gasteiger partial charge in [0.05, 0.1) is 0 Å². The number of aryl methyl sites for hydroxylation is 1. The van der Waals surface area contributed by atoms with Crippen LogP contribution in [0.3, 0.4) is 0 Å². The molecule has 3 unspecified atom stereocenters. The molecule has 0 saturated carbocycles. The first-order valence-electron chi connectivity index (χ1n) is 6.17. The van der Waals surface area contributed by atoms with E-state index in [0.29, 0.717) is 0 Å². The fourth-order valence-corrected chi connectivity index (χ4v) is 3.02. The van der Waals surface area contributed by atoms with Crippen molar-refractivity contribution in [3.8, 4) is 0 Å². The molecule has 3 rings (SSSR count). The van der Waals surface area contributed by atoms with E-state index in [0.717, 1.165) is 37.9 Å². The predicted molar refractivity (Wildman–Crippen MR) is 61.2 cm³/mol. The largest absolute Gasteiger partial charge is 0.311 e. The second-order valence-electron chi connectivity index (χ2n) is 4.84. The van der Waals surface area contributed by atoms with E-state index < -0.39 is 6.17 Å². The summed E-state index contributed by atoms with van der Waals surface area (Å²) in [5.41, 5.74) is 2.25. The summed E-state index contributed by atoms with van der Waals surface area (Å²) in [7, 11) is 0. The molecule has 0 amide bonds. The molecule has 1 fully saturated rings. The van der Waals surface area contributed by atoms with Crippen LogP contribution in [0.2, 0.25) is 0 Å². The first-order valence-corrected chi connectivity index (χ1v) is 6.17. The van der Waals surface area contributed by atoms with Crippen LogP contribution in [0.1, 0.15) is 36.4 Å². The van der Waals surface area contributed by atoms with Crippen molar-refractivity contribution in [2.75, 3.05) is 6.54 Å². The number of hydrogen-bond donors (Lipinski definition) is 1. The van der Waals surface area contributed by atoms with Crippen LogP contribution >= 0.6 is 0 Å². The molecule has 86 valence electrons. The summed E-state index contributed by atoms with van der Waals surface area (Å²) >= 11 is 0. The zero-order valence-corrected chi connectivity index (χ0v) is 9.32. The number of nitrogens with one attached hydrogen (secondary N) is 1. The van der Waals surface area contributed by atoms with Crippen LogP contribution in [0.5, 0.6) is 0 Å². The van der Waals surface area contributed by atoms with Crippen molar-refractivity contribution in [3.05, 3.63) is 29.6 Å². The Morgan fingerprint density at radius 3 is 3.19 bits per heavy atom. The monoisotopic (exact) mass is 220 g/mol. The smallest absolute Gasteiger partial charge is 0.124 e. The minimum absolute atomic E-state index is 0.0202. The fraction of sp³-hybridized carbons (Fsp3) is 0.615. The van der Waals surface area contributed by atoms with Crippen molar-refractivity contribution in [2.45, 2.75) is 43.8 Å². The van der Waals surface area contributed by atoms with Gasteiger partial charge in [0, 0.05) is 23.9 Å². The van der Waals surface area contributed by atoms with Crippen LogP contribution in [0, 0.1) is 0 Å². The van der Waals surface area contributed by atoms with Gasteiger partial charge in [-0.05, 0) is 43.9 Å². The van der Waals surface area contributed by atoms with Crippen LogP contribution in [0.15, 0.2) is 18.3 Å². The Bertz CT molecular complexity index is 374. The number of hydrogen-bond acceptors (Lipinski definition) is 2. The topological polar surface area (TPSA) is 24.9 Å². The van der Waals surface area contributed by atoms with Gasteiger partial charge in [-0.2, -0.15) is 0 Å². The lowest BCUT2D eigenvalue weighted by atomic mass is 9.94. The van der Waals surface area contributed by atoms with E-state index in [1.54, 1.807) is 6.20 Å². The van der Waals surface area contributed by atoms with Gasteiger partial charge in [-0.15, -0.1) is 0 Å². The van der Waals surface area contributed by atoms with Gasteiger partial charge in [-0.25, -0.2) is 4.39 Å². The quantitative estimate of drug-likeness (QED) is 0.826. The molecule has 1 aliphatic carbocycles. The Kier molecular flexibility index (Phi) is 2.64. The fourth-order valence-electron chi connectivity index (χ4n) is 3.02. The molecule has 1 aliphatic heterocycles. The van der Waals surface area contributed by atoms with E-state index in [1.165, 1.54) is 5.56 Å². The van der Waals surface area contributed by atoms with E-state index in [-0.39, 0.29) is 12.0 Å². The highest BCUT2D eigenvalue weighted by atomic mass is 19.1. The molecule has 3 heteroatoms. The lowest BCUT2D eigenvalue weighted by molar-refractivity contribution is 0.220. The molecule has 2 nitrogen and oxygen atoms in total. The molecule has 1 saturated heterocycles. The molecule has 2 aliphatic rings. The Morgan fingerprint density at radius 2 is 2.38 bits per heavy atom. The van der Waals surface area contributed by atoms with Crippen LogP contribution in [0.25, 0.3) is 0 Å². The van der Waals surface area contributed by atoms with Gasteiger partial charge < -0.3 is 5.32 Å². The van der Waals surface area contributed by atoms with Gasteiger partial charge in [0.15, 0.2) is 0 Å². The minimum Gasteiger partial charge on any atom is -0.311 e. The second-order valence-corrected chi connectivity index (χ2v) is 4.84. The third-order valence-electron chi connectivity index (χ3n) is 3.87. The molecular formula is C13H17FN2. The summed E-state index contributed by atoms with van der Waals surface area (Å²) in [5.74, 6) is 0.0202. The number of nitrogens with zero attached hydrogens (tertiary/aromatic N) is 1. The van der Waals surface area contributed by atoms with Gasteiger partial charge in [-0.3, -0.25) is 4.98 Å². The van der Waals surface area contributed by atoms with E-state index in [2.05, 4.69) is 16.4 Å². The lowest BCUT2D eigenvalue weighted by Crippen LogP contribution is -2.35. The Morgan fingerprint density at radius 1 is 1.44 bits per heavy atom. The van der Waals surface area contributed by atoms with Crippen LogP contribution in [-0.4, -0.2) is 23.7 Å². The molecule has 0 radical (unpaired) electrons. The first-order chi connectivity index (χ1) is 7.86. The van der Waals surface area contributed by atoms with Crippen LogP contribution < -0.4 is 5.32 Å². The van der Waals surface area contributed by atoms with E-state index >= 15 is 0 Å². The molecule has 3 atom stereocenters. The maximum Gasteiger partial charge on any atom is 0.124 e. The third kappa shape index (κ3) is 1.63. The Hall–Kier alpha value is -0.960. The average Bonchev–Trinajstić information content (AvgIpc) is 2.98. The number of aromatic nitrogens is 1. The summed E-state index contributed by atoms with van der Waals surface area (Å²) in [5, 5.41) is 3.26. The zero-order chi connectivity index (χ0) is 11.0. The molecule has 0 spiro atoms. The summed E-state index contributed by atoms with van der Waals surface area (Å²) in [4.78, 5) is 4.37. The van der Waals surface area contributed by atoms with Gasteiger partial charge >= 0.3 is 0 Å². The highest BCUT2D eigenvalue weighted by Crippen LogP contribution is 2.37. The SMILES string of the molecule is FC(C1CCCN1)C1CCc2cccnc21. The highest BCUT2D eigenvalue weighted by Gasteiger charge is 2.36. The molecule has 1 aromatic rings. The normalized spacial score (nSPS) is 30.3. The van der Waals surface area contributed by atoms with Crippen LogP contribution in [0.4, 0.5) is 4.39 Å². The maximum atomic E-state index is 14.4. The number of pyridine rings is 1. The van der Waals surface area contributed by atoms with E-state index in [9.17, 15) is 4.39 Å². The molecule has 0 aromatic carbocycles. The number of fused-ring (bicyclic) bond motifs is 1. The maximum absolute atomic E-state index is 14.4. The predicted octanol–water partition coefficient (Wildman–Crippen LogP) is 2.20. The van der Waals surface area contributed by atoms with Crippen molar-refractivity contribution >= 4 is 0 Å². The molecule has 2 heterocycles. The van der Waals surface area contributed by atoms with Crippen molar-refractivity contribution in [2.24, 2.45) is 0 Å². The van der Waals surface area contributed by atoms with Crippen LogP contribution in [-0.2, 0) is 6.42 Å². The molecule has 16 heavy (non-hydrogen) atoms. The second kappa shape index (κ2) is 4.13. The van der Waals surface area contributed by atoms with Crippen molar-refractivity contribution in [3.63, 3.8) is 0 Å². The molecule has 0 bridgehead atoms. The highest BCUT2D eigenvalue weighted by molar-refractivity contribution is 5.30. The Labute approximate surface area is 95.3 Å². The summed E-state index contributed by atoms with van der Waals surface area (Å²) in [6, 6.07) is 4.08. The van der Waals surface area contributed by atoms with Gasteiger partial charge in [0.1, 0.15) is 6.17 Å². The summed E-state index contributed by atoms with van der Waals surface area (Å²) in [6.45, 7) is 0.965. The molecular weight excluding hydrogens is 203 g/mol. The van der Waals surface area contributed by atoms with Crippen molar-refractivity contribution < 1.29 is 4.39 Å². The molecule has 1 N–H and O–H groups in total. The van der Waals surface area contributed by atoms with Crippen molar-refractivity contribution in [1.29, 1.82) is 0 Å². The number of alkyl halides is 1. The number of rotatable bonds is 2. The lowest BCUT2D eigenvalue weighted by Gasteiger charge is -2.22. The summed E-state index contributed by atoms with van der Waals surface area (Å²) < 4.78 is 14.4. The summed E-state index contributed by atoms with van der Waals surface area (Å²) in [6.07, 6.45) is 5.00. The van der Waals surface area contributed by atoms with Gasteiger partial charge in [-0.1, -0.05) is 6.07 Å².